The van der Waals surface area contributed by atoms with Crippen LogP contribution in [-0.2, 0) is 4.79 Å². The van der Waals surface area contributed by atoms with Gasteiger partial charge in [0.25, 0.3) is 5.91 Å². The minimum atomic E-state index is -0.0386. The van der Waals surface area contributed by atoms with Crippen LogP contribution in [0.3, 0.4) is 0 Å². The van der Waals surface area contributed by atoms with Gasteiger partial charge in [0.05, 0.1) is 17.0 Å². The van der Waals surface area contributed by atoms with E-state index in [-0.39, 0.29) is 11.8 Å². The van der Waals surface area contributed by atoms with Gasteiger partial charge in [-0.25, -0.2) is 0 Å². The lowest BCUT2D eigenvalue weighted by Gasteiger charge is -2.35. The molecule has 0 radical (unpaired) electrons. The molecule has 0 N–H and O–H groups in total. The molecule has 7 nitrogen and oxygen atoms in total. The first-order valence-electron chi connectivity index (χ1n) is 10.7. The number of aromatic nitrogens is 2. The van der Waals surface area contributed by atoms with Gasteiger partial charge in [-0.15, -0.1) is 0 Å². The van der Waals surface area contributed by atoms with Crippen LogP contribution in [0.1, 0.15) is 36.5 Å². The van der Waals surface area contributed by atoms with Crippen molar-refractivity contribution in [3.63, 3.8) is 0 Å². The molecule has 0 spiro atoms. The standard InChI is InChI=1S/C23H31N5O2/c1-3-12-26(2)13-6-8-22(29)27-14-16-28(17-15-27)23(30)19-9-10-21(25-18-19)20-7-4-5-11-24-20/h4-5,7,9-11,18H,3,6,8,12-17H2,1-2H3. The van der Waals surface area contributed by atoms with E-state index >= 15 is 0 Å². The Kier molecular flexibility index (Phi) is 7.90. The number of carbonyl (C=O) groups excluding carboxylic acids is 2. The van der Waals surface area contributed by atoms with Gasteiger partial charge in [-0.1, -0.05) is 13.0 Å². The summed E-state index contributed by atoms with van der Waals surface area (Å²) in [7, 11) is 2.09. The molecule has 160 valence electrons. The molecule has 30 heavy (non-hydrogen) atoms. The SMILES string of the molecule is CCCN(C)CCCC(=O)N1CCN(C(=O)c2ccc(-c3ccccn3)nc2)CC1. The van der Waals surface area contributed by atoms with Crippen molar-refractivity contribution in [3.05, 3.63) is 48.3 Å². The molecule has 7 heteroatoms. The second-order valence-corrected chi connectivity index (χ2v) is 7.73. The first kappa shape index (κ1) is 21.9. The zero-order valence-electron chi connectivity index (χ0n) is 18.0. The highest BCUT2D eigenvalue weighted by Crippen LogP contribution is 2.15. The second kappa shape index (κ2) is 10.8. The number of hydrogen-bond acceptors (Lipinski definition) is 5. The maximum atomic E-state index is 12.8. The van der Waals surface area contributed by atoms with E-state index in [0.29, 0.717) is 38.2 Å². The third-order valence-corrected chi connectivity index (χ3v) is 5.39. The summed E-state index contributed by atoms with van der Waals surface area (Å²) in [5.41, 5.74) is 2.09. The van der Waals surface area contributed by atoms with Crippen molar-refractivity contribution >= 4 is 11.8 Å². The van der Waals surface area contributed by atoms with Crippen molar-refractivity contribution in [3.8, 4) is 11.4 Å². The van der Waals surface area contributed by atoms with Gasteiger partial charge < -0.3 is 14.7 Å². The van der Waals surface area contributed by atoms with Crippen LogP contribution < -0.4 is 0 Å². The van der Waals surface area contributed by atoms with E-state index in [0.717, 1.165) is 37.3 Å². The molecule has 0 saturated carbocycles. The predicted octanol–water partition coefficient (Wildman–Crippen LogP) is 2.55. The lowest BCUT2D eigenvalue weighted by atomic mass is 10.1. The third-order valence-electron chi connectivity index (χ3n) is 5.39. The highest BCUT2D eigenvalue weighted by molar-refractivity contribution is 5.94. The average molecular weight is 410 g/mol. The lowest BCUT2D eigenvalue weighted by Crippen LogP contribution is -2.50. The van der Waals surface area contributed by atoms with Gasteiger partial charge >= 0.3 is 0 Å². The Balaban J connectivity index is 1.46. The largest absolute Gasteiger partial charge is 0.339 e. The molecular formula is C23H31N5O2. The molecule has 1 aliphatic rings. The van der Waals surface area contributed by atoms with E-state index in [1.807, 2.05) is 29.2 Å². The number of pyridine rings is 2. The van der Waals surface area contributed by atoms with E-state index < -0.39 is 0 Å². The van der Waals surface area contributed by atoms with Gasteiger partial charge in [0.2, 0.25) is 5.91 Å². The highest BCUT2D eigenvalue weighted by Gasteiger charge is 2.24. The fraction of sp³-hybridized carbons (Fsp3) is 0.478. The van der Waals surface area contributed by atoms with E-state index in [9.17, 15) is 9.59 Å². The Labute approximate surface area is 178 Å². The van der Waals surface area contributed by atoms with Crippen molar-refractivity contribution in [1.29, 1.82) is 0 Å². The van der Waals surface area contributed by atoms with Crippen LogP contribution >= 0.6 is 0 Å². The van der Waals surface area contributed by atoms with Crippen molar-refractivity contribution in [1.82, 2.24) is 24.7 Å². The molecule has 0 aliphatic carbocycles. The van der Waals surface area contributed by atoms with Crippen molar-refractivity contribution < 1.29 is 9.59 Å². The molecule has 0 atom stereocenters. The maximum Gasteiger partial charge on any atom is 0.255 e. The highest BCUT2D eigenvalue weighted by atomic mass is 16.2. The Morgan fingerprint density at radius 3 is 2.33 bits per heavy atom. The summed E-state index contributed by atoms with van der Waals surface area (Å²) in [6.45, 7) is 6.47. The van der Waals surface area contributed by atoms with Crippen LogP contribution in [0.4, 0.5) is 0 Å². The van der Waals surface area contributed by atoms with Gasteiger partial charge in [-0.2, -0.15) is 0 Å². The number of nitrogens with zero attached hydrogens (tertiary/aromatic N) is 5. The molecule has 2 aromatic rings. The lowest BCUT2D eigenvalue weighted by molar-refractivity contribution is -0.132. The van der Waals surface area contributed by atoms with Crippen LogP contribution in [-0.4, -0.2) is 82.8 Å². The Bertz CT molecular complexity index is 817. The van der Waals surface area contributed by atoms with Crippen molar-refractivity contribution in [2.45, 2.75) is 26.2 Å². The molecule has 0 aromatic carbocycles. The third kappa shape index (κ3) is 5.86. The second-order valence-electron chi connectivity index (χ2n) is 7.73. The molecule has 0 unspecified atom stereocenters. The summed E-state index contributed by atoms with van der Waals surface area (Å²) in [4.78, 5) is 39.9. The minimum Gasteiger partial charge on any atom is -0.339 e. The van der Waals surface area contributed by atoms with Crippen molar-refractivity contribution in [2.24, 2.45) is 0 Å². The van der Waals surface area contributed by atoms with Gasteiger partial charge in [0.1, 0.15) is 0 Å². The van der Waals surface area contributed by atoms with Crippen LogP contribution in [0.5, 0.6) is 0 Å². The number of carbonyl (C=O) groups is 2. The maximum absolute atomic E-state index is 12.8. The Morgan fingerprint density at radius 1 is 0.967 bits per heavy atom. The van der Waals surface area contributed by atoms with Gasteiger partial charge in [0, 0.05) is 45.0 Å². The fourth-order valence-electron chi connectivity index (χ4n) is 3.68. The summed E-state index contributed by atoms with van der Waals surface area (Å²) in [6.07, 6.45) is 5.91. The number of amides is 2. The van der Waals surface area contributed by atoms with Crippen molar-refractivity contribution in [2.75, 3.05) is 46.3 Å². The number of hydrogen-bond donors (Lipinski definition) is 0. The summed E-state index contributed by atoms with van der Waals surface area (Å²) in [5.74, 6) is 0.150. The Morgan fingerprint density at radius 2 is 1.70 bits per heavy atom. The molecular weight excluding hydrogens is 378 g/mol. The van der Waals surface area contributed by atoms with Crippen LogP contribution in [0.25, 0.3) is 11.4 Å². The molecule has 1 saturated heterocycles. The number of piperazine rings is 1. The summed E-state index contributed by atoms with van der Waals surface area (Å²) in [5, 5.41) is 0. The van der Waals surface area contributed by atoms with E-state index in [2.05, 4.69) is 28.8 Å². The van der Waals surface area contributed by atoms with E-state index in [1.54, 1.807) is 23.4 Å². The van der Waals surface area contributed by atoms with Crippen LogP contribution in [0.15, 0.2) is 42.7 Å². The topological polar surface area (TPSA) is 69.6 Å². The summed E-state index contributed by atoms with van der Waals surface area (Å²) < 4.78 is 0. The minimum absolute atomic E-state index is 0.0386. The molecule has 3 rings (SSSR count). The first-order valence-corrected chi connectivity index (χ1v) is 10.7. The zero-order valence-corrected chi connectivity index (χ0v) is 18.0. The summed E-state index contributed by atoms with van der Waals surface area (Å²) >= 11 is 0. The molecule has 2 aromatic heterocycles. The van der Waals surface area contributed by atoms with Gasteiger partial charge in [-0.3, -0.25) is 19.6 Å². The molecule has 1 fully saturated rings. The number of rotatable bonds is 8. The molecule has 3 heterocycles. The average Bonchev–Trinajstić information content (AvgIpc) is 2.79. The summed E-state index contributed by atoms with van der Waals surface area (Å²) in [6, 6.07) is 9.28. The van der Waals surface area contributed by atoms with Gasteiger partial charge in [-0.05, 0) is 57.2 Å². The first-order chi connectivity index (χ1) is 14.6. The predicted molar refractivity (Wildman–Crippen MR) is 117 cm³/mol. The fourth-order valence-corrected chi connectivity index (χ4v) is 3.68. The van der Waals surface area contributed by atoms with E-state index in [1.165, 1.54) is 0 Å². The molecule has 0 bridgehead atoms. The smallest absolute Gasteiger partial charge is 0.255 e. The normalized spacial score (nSPS) is 14.2. The van der Waals surface area contributed by atoms with E-state index in [4.69, 9.17) is 0 Å². The van der Waals surface area contributed by atoms with Crippen LogP contribution in [0.2, 0.25) is 0 Å². The van der Waals surface area contributed by atoms with Crippen LogP contribution in [0, 0.1) is 0 Å². The molecule has 1 aliphatic heterocycles. The quantitative estimate of drug-likeness (QED) is 0.670. The Hall–Kier alpha value is -2.80. The zero-order chi connectivity index (χ0) is 21.3. The van der Waals surface area contributed by atoms with Gasteiger partial charge in [0.15, 0.2) is 0 Å². The molecule has 2 amide bonds. The monoisotopic (exact) mass is 409 g/mol.